The maximum atomic E-state index is 11.1. The molecule has 2 unspecified atom stereocenters. The number of aliphatic carboxylic acids is 1. The Balaban J connectivity index is 2.25. The second-order valence-electron chi connectivity index (χ2n) is 5.01. The van der Waals surface area contributed by atoms with Crippen LogP contribution in [0.25, 0.3) is 0 Å². The Kier molecular flexibility index (Phi) is 4.12. The topological polar surface area (TPSA) is 80.9 Å². The number of rotatable bonds is 5. The van der Waals surface area contributed by atoms with Crippen LogP contribution in [0.4, 0.5) is 0 Å². The molecule has 0 spiro atoms. The van der Waals surface area contributed by atoms with Gasteiger partial charge in [0.2, 0.25) is 0 Å². The molecule has 1 aromatic carbocycles. The summed E-state index contributed by atoms with van der Waals surface area (Å²) in [4.78, 5) is 11.1. The van der Waals surface area contributed by atoms with Gasteiger partial charge in [-0.05, 0) is 42.3 Å². The molecular formula is C14H18N4O2. The van der Waals surface area contributed by atoms with E-state index in [1.165, 1.54) is 5.56 Å². The van der Waals surface area contributed by atoms with Gasteiger partial charge in [-0.2, -0.15) is 0 Å². The molecule has 2 rings (SSSR count). The molecule has 0 aliphatic heterocycles. The molecule has 1 heterocycles. The Labute approximate surface area is 117 Å². The monoisotopic (exact) mass is 274 g/mol. The zero-order valence-electron chi connectivity index (χ0n) is 11.8. The van der Waals surface area contributed by atoms with E-state index in [1.54, 1.807) is 11.6 Å². The van der Waals surface area contributed by atoms with Gasteiger partial charge >= 0.3 is 5.97 Å². The van der Waals surface area contributed by atoms with Crippen LogP contribution in [0.3, 0.4) is 0 Å². The third kappa shape index (κ3) is 2.84. The minimum Gasteiger partial charge on any atom is -0.481 e. The number of nitrogens with zero attached hydrogens (tertiary/aromatic N) is 4. The molecule has 2 aromatic rings. The molecule has 0 bridgehead atoms. The molecule has 0 amide bonds. The van der Waals surface area contributed by atoms with E-state index < -0.39 is 11.9 Å². The lowest BCUT2D eigenvalue weighted by Crippen LogP contribution is -2.24. The number of aryl methyl sites for hydroxylation is 1. The summed E-state index contributed by atoms with van der Waals surface area (Å²) in [6.45, 7) is 5.51. The Morgan fingerprint density at radius 2 is 2.05 bits per heavy atom. The quantitative estimate of drug-likeness (QED) is 0.900. The highest BCUT2D eigenvalue weighted by Gasteiger charge is 2.24. The minimum atomic E-state index is -0.852. The molecule has 1 aromatic heterocycles. The number of aromatic nitrogens is 4. The first-order valence-electron chi connectivity index (χ1n) is 6.54. The number of carboxylic acid groups (broad SMARTS) is 1. The van der Waals surface area contributed by atoms with Gasteiger partial charge in [0.15, 0.2) is 5.82 Å². The second kappa shape index (κ2) is 5.81. The van der Waals surface area contributed by atoms with E-state index in [1.807, 2.05) is 38.1 Å². The van der Waals surface area contributed by atoms with Crippen molar-refractivity contribution >= 4 is 5.97 Å². The van der Waals surface area contributed by atoms with Crippen LogP contribution >= 0.6 is 0 Å². The predicted octanol–water partition coefficient (Wildman–Crippen LogP) is 1.85. The summed E-state index contributed by atoms with van der Waals surface area (Å²) < 4.78 is 1.60. The van der Waals surface area contributed by atoms with Gasteiger partial charge in [0, 0.05) is 6.42 Å². The molecule has 0 saturated heterocycles. The van der Waals surface area contributed by atoms with Gasteiger partial charge in [0.05, 0.1) is 12.0 Å². The molecule has 20 heavy (non-hydrogen) atoms. The van der Waals surface area contributed by atoms with Crippen molar-refractivity contribution in [3.63, 3.8) is 0 Å². The predicted molar refractivity (Wildman–Crippen MR) is 73.3 cm³/mol. The van der Waals surface area contributed by atoms with Crippen LogP contribution in [0.1, 0.15) is 36.8 Å². The van der Waals surface area contributed by atoms with Crippen molar-refractivity contribution in [3.05, 3.63) is 41.2 Å². The van der Waals surface area contributed by atoms with Gasteiger partial charge in [-0.1, -0.05) is 24.3 Å². The maximum Gasteiger partial charge on any atom is 0.308 e. The van der Waals surface area contributed by atoms with Gasteiger partial charge in [-0.3, -0.25) is 4.79 Å². The van der Waals surface area contributed by atoms with Crippen LogP contribution in [-0.4, -0.2) is 31.3 Å². The van der Waals surface area contributed by atoms with E-state index >= 15 is 0 Å². The maximum absolute atomic E-state index is 11.1. The van der Waals surface area contributed by atoms with Crippen molar-refractivity contribution in [1.29, 1.82) is 0 Å². The van der Waals surface area contributed by atoms with Gasteiger partial charge in [-0.15, -0.1) is 5.10 Å². The summed E-state index contributed by atoms with van der Waals surface area (Å²) in [5.74, 6) is -0.719. The number of carboxylic acids is 1. The summed E-state index contributed by atoms with van der Waals surface area (Å²) in [5, 5.41) is 20.7. The number of hydrogen-bond donors (Lipinski definition) is 1. The molecule has 2 atom stereocenters. The van der Waals surface area contributed by atoms with Gasteiger partial charge < -0.3 is 5.11 Å². The zero-order chi connectivity index (χ0) is 14.7. The number of hydrogen-bond acceptors (Lipinski definition) is 4. The molecule has 6 nitrogen and oxygen atoms in total. The van der Waals surface area contributed by atoms with Crippen LogP contribution in [0, 0.1) is 12.8 Å². The van der Waals surface area contributed by atoms with Crippen molar-refractivity contribution < 1.29 is 9.90 Å². The highest BCUT2D eigenvalue weighted by Crippen LogP contribution is 2.19. The lowest BCUT2D eigenvalue weighted by molar-refractivity contribution is -0.142. The van der Waals surface area contributed by atoms with Crippen LogP contribution in [0.2, 0.25) is 0 Å². The first-order valence-corrected chi connectivity index (χ1v) is 6.54. The van der Waals surface area contributed by atoms with Crippen molar-refractivity contribution in [1.82, 2.24) is 20.2 Å². The summed E-state index contributed by atoms with van der Waals surface area (Å²) in [6, 6.07) is 7.73. The average Bonchev–Trinajstić information content (AvgIpc) is 2.87. The Bertz CT molecular complexity index is 609. The van der Waals surface area contributed by atoms with E-state index in [0.717, 1.165) is 5.56 Å². The molecule has 106 valence electrons. The van der Waals surface area contributed by atoms with E-state index in [2.05, 4.69) is 15.5 Å². The van der Waals surface area contributed by atoms with Gasteiger partial charge in [0.25, 0.3) is 0 Å². The smallest absolute Gasteiger partial charge is 0.308 e. The van der Waals surface area contributed by atoms with Gasteiger partial charge in [0.1, 0.15) is 0 Å². The molecule has 1 N–H and O–H groups in total. The Hall–Kier alpha value is -2.24. The van der Waals surface area contributed by atoms with Crippen LogP contribution in [0.5, 0.6) is 0 Å². The number of tetrazole rings is 1. The van der Waals surface area contributed by atoms with E-state index in [9.17, 15) is 4.79 Å². The molecule has 0 aliphatic carbocycles. The van der Waals surface area contributed by atoms with Crippen molar-refractivity contribution in [2.24, 2.45) is 5.92 Å². The summed E-state index contributed by atoms with van der Waals surface area (Å²) in [5.41, 5.74) is 2.31. The molecule has 0 radical (unpaired) electrons. The van der Waals surface area contributed by atoms with E-state index in [4.69, 9.17) is 5.11 Å². The van der Waals surface area contributed by atoms with Crippen molar-refractivity contribution in [2.45, 2.75) is 33.2 Å². The van der Waals surface area contributed by atoms with Crippen molar-refractivity contribution in [3.8, 4) is 0 Å². The van der Waals surface area contributed by atoms with Crippen molar-refractivity contribution in [2.75, 3.05) is 0 Å². The molecular weight excluding hydrogens is 256 g/mol. The largest absolute Gasteiger partial charge is 0.481 e. The fourth-order valence-electron chi connectivity index (χ4n) is 2.04. The highest BCUT2D eigenvalue weighted by atomic mass is 16.4. The fraction of sp³-hybridized carbons (Fsp3) is 0.429. The number of carbonyl (C=O) groups is 1. The fourth-order valence-corrected chi connectivity index (χ4v) is 2.04. The minimum absolute atomic E-state index is 0.290. The lowest BCUT2D eigenvalue weighted by Gasteiger charge is -2.17. The van der Waals surface area contributed by atoms with Crippen LogP contribution in [0.15, 0.2) is 24.3 Å². The first-order chi connectivity index (χ1) is 9.50. The SMILES string of the molecule is Cc1ccccc1Cc1nnnn1C(C)C(C)C(=O)O. The summed E-state index contributed by atoms with van der Waals surface area (Å²) in [6.07, 6.45) is 0.594. The second-order valence-corrected chi connectivity index (χ2v) is 5.01. The third-order valence-electron chi connectivity index (χ3n) is 3.67. The van der Waals surface area contributed by atoms with E-state index in [0.29, 0.717) is 12.2 Å². The first kappa shape index (κ1) is 14.2. The average molecular weight is 274 g/mol. The van der Waals surface area contributed by atoms with E-state index in [-0.39, 0.29) is 6.04 Å². The standard InChI is InChI=1S/C14H18N4O2/c1-9-6-4-5-7-12(9)8-13-15-16-17-18(13)11(3)10(2)14(19)20/h4-7,10-11H,8H2,1-3H3,(H,19,20). The summed E-state index contributed by atoms with van der Waals surface area (Å²) >= 11 is 0. The summed E-state index contributed by atoms with van der Waals surface area (Å²) in [7, 11) is 0. The molecule has 6 heteroatoms. The number of benzene rings is 1. The Morgan fingerprint density at radius 1 is 1.35 bits per heavy atom. The third-order valence-corrected chi connectivity index (χ3v) is 3.67. The van der Waals surface area contributed by atoms with Gasteiger partial charge in [-0.25, -0.2) is 4.68 Å². The van der Waals surface area contributed by atoms with Crippen LogP contribution < -0.4 is 0 Å². The molecule has 0 aliphatic rings. The molecule has 0 saturated carbocycles. The molecule has 0 fully saturated rings. The highest BCUT2D eigenvalue weighted by molar-refractivity contribution is 5.70. The zero-order valence-corrected chi connectivity index (χ0v) is 11.8. The van der Waals surface area contributed by atoms with Crippen LogP contribution in [-0.2, 0) is 11.2 Å². The normalized spacial score (nSPS) is 13.9. The Morgan fingerprint density at radius 3 is 2.70 bits per heavy atom. The lowest BCUT2D eigenvalue weighted by atomic mass is 10.0.